The first-order valence-corrected chi connectivity index (χ1v) is 9.93. The molecule has 1 heterocycles. The van der Waals surface area contributed by atoms with E-state index in [-0.39, 0.29) is 22.5 Å². The molecule has 33 heavy (non-hydrogen) atoms. The fourth-order valence-corrected chi connectivity index (χ4v) is 3.61. The average molecular weight is 447 g/mol. The van der Waals surface area contributed by atoms with Gasteiger partial charge in [0.15, 0.2) is 11.6 Å². The quantitative estimate of drug-likeness (QED) is 0.555. The van der Waals surface area contributed by atoms with E-state index >= 15 is 0 Å². The molecule has 1 aromatic carbocycles. The van der Waals surface area contributed by atoms with Crippen molar-refractivity contribution in [2.75, 3.05) is 26.0 Å². The van der Waals surface area contributed by atoms with Crippen molar-refractivity contribution in [3.8, 4) is 5.75 Å². The second-order valence-corrected chi connectivity index (χ2v) is 7.69. The topological polar surface area (TPSA) is 122 Å². The summed E-state index contributed by atoms with van der Waals surface area (Å²) in [5.74, 6) is -2.62. The summed E-state index contributed by atoms with van der Waals surface area (Å²) in [6, 6.07) is 4.19. The van der Waals surface area contributed by atoms with Crippen LogP contribution in [0.2, 0.25) is 0 Å². The molecule has 0 spiro atoms. The smallest absolute Gasteiger partial charge is 0.261 e. The van der Waals surface area contributed by atoms with Crippen LogP contribution in [0.1, 0.15) is 10.4 Å². The van der Waals surface area contributed by atoms with Crippen molar-refractivity contribution >= 4 is 23.2 Å². The van der Waals surface area contributed by atoms with Gasteiger partial charge in [-0.25, -0.2) is 0 Å². The minimum absolute atomic E-state index is 0.0568. The second-order valence-electron chi connectivity index (χ2n) is 7.69. The highest BCUT2D eigenvalue weighted by atomic mass is 16.3. The fraction of sp³-hybridized carbons (Fsp3) is 0.125. The van der Waals surface area contributed by atoms with Crippen LogP contribution in [0.25, 0.3) is 0 Å². The van der Waals surface area contributed by atoms with E-state index in [4.69, 9.17) is 0 Å². The van der Waals surface area contributed by atoms with Gasteiger partial charge in [-0.2, -0.15) is 0 Å². The molecule has 1 amide bonds. The highest BCUT2D eigenvalue weighted by Gasteiger charge is 2.27. The van der Waals surface area contributed by atoms with E-state index < -0.39 is 29.2 Å². The molecule has 0 radical (unpaired) electrons. The Balaban J connectivity index is 2.01. The van der Waals surface area contributed by atoms with E-state index in [1.54, 1.807) is 0 Å². The Morgan fingerprint density at radius 1 is 0.667 bits per heavy atom. The third-order valence-electron chi connectivity index (χ3n) is 5.72. The number of allylic oxidation sites excluding steroid dienone is 8. The Hall–Kier alpha value is -4.53. The monoisotopic (exact) mass is 447 g/mol. The van der Waals surface area contributed by atoms with Crippen LogP contribution in [0.4, 0.5) is 5.69 Å². The zero-order valence-electron chi connectivity index (χ0n) is 18.1. The van der Waals surface area contributed by atoms with Crippen LogP contribution in [-0.2, 0) is 9.59 Å². The summed E-state index contributed by atoms with van der Waals surface area (Å²) in [6.07, 6.45) is 8.11. The van der Waals surface area contributed by atoms with Crippen LogP contribution in [0.3, 0.4) is 0 Å². The lowest BCUT2D eigenvalue weighted by molar-refractivity contribution is -0.112. The SMILES string of the molecule is CN1C(=O)c2cc(ccc2O)N(C)C(O)=C2C=C(C=CC2=O)N(C)C(O)=C2C=C1C=CC2=O. The first kappa shape index (κ1) is 21.7. The fourth-order valence-electron chi connectivity index (χ4n) is 3.61. The number of anilines is 1. The van der Waals surface area contributed by atoms with Gasteiger partial charge in [0.25, 0.3) is 5.91 Å². The molecule has 4 rings (SSSR count). The number of phenolic OH excluding ortho intramolecular Hbond substituents is 1. The van der Waals surface area contributed by atoms with Crippen molar-refractivity contribution in [1.29, 1.82) is 0 Å². The summed E-state index contributed by atoms with van der Waals surface area (Å²) >= 11 is 0. The first-order chi connectivity index (χ1) is 15.6. The molecule has 1 aliphatic heterocycles. The van der Waals surface area contributed by atoms with E-state index in [0.717, 1.165) is 0 Å². The Kier molecular flexibility index (Phi) is 5.17. The minimum atomic E-state index is -0.584. The number of benzene rings is 1. The molecule has 3 aliphatic rings. The summed E-state index contributed by atoms with van der Waals surface area (Å²) in [4.78, 5) is 42.0. The minimum Gasteiger partial charge on any atom is -0.507 e. The summed E-state index contributed by atoms with van der Waals surface area (Å²) < 4.78 is 0. The van der Waals surface area contributed by atoms with Crippen molar-refractivity contribution < 1.29 is 29.7 Å². The number of amides is 1. The summed E-state index contributed by atoms with van der Waals surface area (Å²) in [6.45, 7) is 0. The van der Waals surface area contributed by atoms with E-state index in [9.17, 15) is 29.7 Å². The van der Waals surface area contributed by atoms with Crippen LogP contribution in [0.15, 0.2) is 89.0 Å². The maximum Gasteiger partial charge on any atom is 0.261 e. The molecule has 9 nitrogen and oxygen atoms in total. The maximum absolute atomic E-state index is 13.2. The van der Waals surface area contributed by atoms with Gasteiger partial charge in [0, 0.05) is 38.2 Å². The van der Waals surface area contributed by atoms with E-state index in [2.05, 4.69) is 0 Å². The van der Waals surface area contributed by atoms with E-state index in [1.165, 1.54) is 90.5 Å². The van der Waals surface area contributed by atoms with Gasteiger partial charge in [-0.3, -0.25) is 14.4 Å². The van der Waals surface area contributed by atoms with Crippen LogP contribution >= 0.6 is 0 Å². The van der Waals surface area contributed by atoms with Gasteiger partial charge in [0.2, 0.25) is 11.8 Å². The number of hydrogen-bond acceptors (Lipinski definition) is 8. The largest absolute Gasteiger partial charge is 0.507 e. The van der Waals surface area contributed by atoms with Crippen molar-refractivity contribution in [3.63, 3.8) is 0 Å². The molecule has 0 saturated heterocycles. The van der Waals surface area contributed by atoms with Gasteiger partial charge in [-0.1, -0.05) is 0 Å². The molecule has 0 atom stereocenters. The molecule has 168 valence electrons. The molecule has 6 bridgehead atoms. The first-order valence-electron chi connectivity index (χ1n) is 9.93. The Bertz CT molecular complexity index is 1300. The Morgan fingerprint density at radius 3 is 1.76 bits per heavy atom. The van der Waals surface area contributed by atoms with Crippen LogP contribution < -0.4 is 4.90 Å². The molecular weight excluding hydrogens is 426 g/mol. The number of rotatable bonds is 0. The zero-order chi connectivity index (χ0) is 24.0. The van der Waals surface area contributed by atoms with E-state index in [1.807, 2.05) is 0 Å². The number of carbonyl (C=O) groups is 3. The summed E-state index contributed by atoms with van der Waals surface area (Å²) in [7, 11) is 4.47. The average Bonchev–Trinajstić information content (AvgIpc) is 2.81. The van der Waals surface area contributed by atoms with Gasteiger partial charge in [0.1, 0.15) is 5.75 Å². The van der Waals surface area contributed by atoms with Crippen molar-refractivity contribution in [2.24, 2.45) is 0 Å². The van der Waals surface area contributed by atoms with Crippen molar-refractivity contribution in [3.05, 3.63) is 94.5 Å². The third kappa shape index (κ3) is 3.59. The summed E-state index contributed by atoms with van der Waals surface area (Å²) in [5, 5.41) is 32.0. The Labute approximate surface area is 189 Å². The predicted molar refractivity (Wildman–Crippen MR) is 120 cm³/mol. The second kappa shape index (κ2) is 7.86. The lowest BCUT2D eigenvalue weighted by Crippen LogP contribution is -2.28. The number of phenols is 1. The number of ketones is 2. The number of nitrogens with zero attached hydrogens (tertiary/aromatic N) is 3. The van der Waals surface area contributed by atoms with Gasteiger partial charge in [0.05, 0.1) is 16.7 Å². The molecule has 0 saturated carbocycles. The Morgan fingerprint density at radius 2 is 1.18 bits per heavy atom. The third-order valence-corrected chi connectivity index (χ3v) is 5.72. The van der Waals surface area contributed by atoms with Gasteiger partial charge in [-0.15, -0.1) is 0 Å². The zero-order valence-corrected chi connectivity index (χ0v) is 18.1. The van der Waals surface area contributed by atoms with Crippen molar-refractivity contribution in [1.82, 2.24) is 9.80 Å². The molecule has 0 aromatic heterocycles. The van der Waals surface area contributed by atoms with E-state index in [0.29, 0.717) is 17.1 Å². The predicted octanol–water partition coefficient (Wildman–Crippen LogP) is 2.43. The van der Waals surface area contributed by atoms with Gasteiger partial charge >= 0.3 is 0 Å². The van der Waals surface area contributed by atoms with Gasteiger partial charge < -0.3 is 30.0 Å². The number of aliphatic hydroxyl groups is 2. The number of aliphatic hydroxyl groups excluding tert-OH is 2. The maximum atomic E-state index is 13.2. The van der Waals surface area contributed by atoms with Gasteiger partial charge in [-0.05, 0) is 54.7 Å². The number of carbonyl (C=O) groups excluding carboxylic acids is 3. The van der Waals surface area contributed by atoms with Crippen LogP contribution in [0, 0.1) is 0 Å². The molecule has 0 unspecified atom stereocenters. The highest BCUT2D eigenvalue weighted by molar-refractivity contribution is 6.10. The molecular formula is C24H21N3O6. The molecule has 3 N–H and O–H groups in total. The molecule has 1 aromatic rings. The normalized spacial score (nSPS) is 19.0. The van der Waals surface area contributed by atoms with Crippen LogP contribution in [-0.4, -0.2) is 63.7 Å². The molecule has 0 fully saturated rings. The summed E-state index contributed by atoms with van der Waals surface area (Å²) in [5.41, 5.74) is 0.822. The number of fused-ring (bicyclic) bond motifs is 4. The number of aromatic hydroxyl groups is 1. The lowest BCUT2D eigenvalue weighted by Gasteiger charge is -2.25. The standard InChI is InChI=1S/C24H21N3O6/c1-25-13-4-7-20(29)17(10-13)23(32)27(3)15-6-9-21(30)18(12-15)24(33)26(2)14-5-8-19(28)16(11-14)22(25)31/h4-12,28,32-33H,1-3H3. The van der Waals surface area contributed by atoms with Crippen molar-refractivity contribution in [2.45, 2.75) is 0 Å². The molecule has 9 heteroatoms. The lowest BCUT2D eigenvalue weighted by atomic mass is 10.0. The van der Waals surface area contributed by atoms with Crippen LogP contribution in [0.5, 0.6) is 5.75 Å². The number of hydrogen-bond donors (Lipinski definition) is 3. The number of likely N-dealkylation sites (N-methyl/N-ethyl adjacent to an activating group) is 2. The molecule has 2 aliphatic carbocycles. The highest BCUT2D eigenvalue weighted by Crippen LogP contribution is 2.31.